The molecule has 1 aromatic rings. The Kier molecular flexibility index (Phi) is 7.98. The van der Waals surface area contributed by atoms with Crippen LogP contribution in [0.3, 0.4) is 0 Å². The SMILES string of the molecule is CCCN1CCC(Cc2ccc(Cl)cc2OC)(OC)CC1.Cl. The minimum absolute atomic E-state index is 0. The Hall–Kier alpha value is -0.480. The van der Waals surface area contributed by atoms with Crippen LogP contribution in [0.2, 0.25) is 5.02 Å². The van der Waals surface area contributed by atoms with Crippen LogP contribution >= 0.6 is 24.0 Å². The number of hydrogen-bond donors (Lipinski definition) is 0. The van der Waals surface area contributed by atoms with Crippen molar-refractivity contribution in [2.24, 2.45) is 0 Å². The highest BCUT2D eigenvalue weighted by Crippen LogP contribution is 2.34. The van der Waals surface area contributed by atoms with Crippen molar-refractivity contribution in [2.45, 2.75) is 38.2 Å². The number of hydrogen-bond acceptors (Lipinski definition) is 3. The molecule has 0 spiro atoms. The Bertz CT molecular complexity index is 460. The van der Waals surface area contributed by atoms with Crippen molar-refractivity contribution < 1.29 is 9.47 Å². The maximum atomic E-state index is 6.04. The monoisotopic (exact) mass is 347 g/mol. The van der Waals surface area contributed by atoms with Gasteiger partial charge in [-0.3, -0.25) is 0 Å². The largest absolute Gasteiger partial charge is 0.496 e. The molecule has 3 nitrogen and oxygen atoms in total. The summed E-state index contributed by atoms with van der Waals surface area (Å²) in [5.41, 5.74) is 1.10. The zero-order valence-electron chi connectivity index (χ0n) is 13.7. The van der Waals surface area contributed by atoms with Crippen molar-refractivity contribution >= 4 is 24.0 Å². The van der Waals surface area contributed by atoms with Crippen molar-refractivity contribution in [3.8, 4) is 5.75 Å². The zero-order valence-corrected chi connectivity index (χ0v) is 15.3. The molecule has 1 fully saturated rings. The van der Waals surface area contributed by atoms with E-state index in [1.54, 1.807) is 7.11 Å². The third-order valence-corrected chi connectivity index (χ3v) is 4.74. The van der Waals surface area contributed by atoms with Gasteiger partial charge >= 0.3 is 0 Å². The summed E-state index contributed by atoms with van der Waals surface area (Å²) in [5.74, 6) is 0.856. The van der Waals surface area contributed by atoms with Crippen LogP contribution in [0.1, 0.15) is 31.7 Å². The zero-order chi connectivity index (χ0) is 15.3. The fourth-order valence-electron chi connectivity index (χ4n) is 3.16. The minimum Gasteiger partial charge on any atom is -0.496 e. The van der Waals surface area contributed by atoms with Crippen LogP contribution in [0.15, 0.2) is 18.2 Å². The van der Waals surface area contributed by atoms with E-state index in [0.717, 1.165) is 38.1 Å². The molecule has 0 bridgehead atoms. The van der Waals surface area contributed by atoms with Crippen LogP contribution in [0, 0.1) is 0 Å². The molecule has 1 heterocycles. The Morgan fingerprint density at radius 2 is 1.91 bits per heavy atom. The Labute approximate surface area is 145 Å². The molecule has 22 heavy (non-hydrogen) atoms. The standard InChI is InChI=1S/C17H26ClNO2.ClH/c1-4-9-19-10-7-17(21-3,8-11-19)13-14-5-6-15(18)12-16(14)20-2;/h5-6,12H,4,7-11,13H2,1-3H3;1H. The smallest absolute Gasteiger partial charge is 0.123 e. The van der Waals surface area contributed by atoms with Crippen LogP contribution in [-0.2, 0) is 11.2 Å². The average Bonchev–Trinajstić information content (AvgIpc) is 2.51. The first-order chi connectivity index (χ1) is 10.1. The van der Waals surface area contributed by atoms with Crippen LogP contribution < -0.4 is 4.74 Å². The normalized spacial score (nSPS) is 17.8. The summed E-state index contributed by atoms with van der Waals surface area (Å²) < 4.78 is 11.4. The summed E-state index contributed by atoms with van der Waals surface area (Å²) in [6, 6.07) is 5.86. The topological polar surface area (TPSA) is 21.7 Å². The van der Waals surface area contributed by atoms with E-state index in [1.807, 2.05) is 19.2 Å². The van der Waals surface area contributed by atoms with Gasteiger partial charge < -0.3 is 14.4 Å². The lowest BCUT2D eigenvalue weighted by molar-refractivity contribution is -0.0566. The third kappa shape index (κ3) is 4.76. The van der Waals surface area contributed by atoms with Gasteiger partial charge in [0.25, 0.3) is 0 Å². The molecule has 2 rings (SSSR count). The van der Waals surface area contributed by atoms with Crippen molar-refractivity contribution in [3.63, 3.8) is 0 Å². The molecule has 0 N–H and O–H groups in total. The fraction of sp³-hybridized carbons (Fsp3) is 0.647. The predicted octanol–water partition coefficient (Wildman–Crippen LogP) is 4.20. The van der Waals surface area contributed by atoms with E-state index >= 15 is 0 Å². The molecule has 1 aliphatic rings. The molecule has 0 aliphatic carbocycles. The molecule has 1 aliphatic heterocycles. The van der Waals surface area contributed by atoms with Gasteiger partial charge in [-0.15, -0.1) is 12.4 Å². The molecule has 0 amide bonds. The summed E-state index contributed by atoms with van der Waals surface area (Å²) in [5, 5.41) is 0.708. The lowest BCUT2D eigenvalue weighted by Gasteiger charge is -2.41. The van der Waals surface area contributed by atoms with Gasteiger partial charge in [0.2, 0.25) is 0 Å². The molecule has 0 saturated carbocycles. The highest BCUT2D eigenvalue weighted by molar-refractivity contribution is 6.30. The molecule has 0 radical (unpaired) electrons. The number of benzene rings is 1. The first-order valence-corrected chi connectivity index (χ1v) is 8.10. The number of nitrogens with zero attached hydrogens (tertiary/aromatic N) is 1. The van der Waals surface area contributed by atoms with Crippen LogP contribution in [-0.4, -0.2) is 44.4 Å². The molecular formula is C17H27Cl2NO2. The highest BCUT2D eigenvalue weighted by Gasteiger charge is 2.35. The van der Waals surface area contributed by atoms with E-state index in [1.165, 1.54) is 18.5 Å². The number of ether oxygens (including phenoxy) is 2. The van der Waals surface area contributed by atoms with Gasteiger partial charge in [-0.2, -0.15) is 0 Å². The number of rotatable bonds is 6. The van der Waals surface area contributed by atoms with Crippen LogP contribution in [0.5, 0.6) is 5.75 Å². The molecular weight excluding hydrogens is 321 g/mol. The summed E-state index contributed by atoms with van der Waals surface area (Å²) in [7, 11) is 3.52. The number of piperidine rings is 1. The Morgan fingerprint density at radius 3 is 2.45 bits per heavy atom. The Balaban J connectivity index is 0.00000242. The van der Waals surface area contributed by atoms with E-state index in [-0.39, 0.29) is 18.0 Å². The minimum atomic E-state index is -0.0780. The quantitative estimate of drug-likeness (QED) is 0.769. The first-order valence-electron chi connectivity index (χ1n) is 7.72. The van der Waals surface area contributed by atoms with Gasteiger partial charge in [0.1, 0.15) is 5.75 Å². The fourth-order valence-corrected chi connectivity index (χ4v) is 3.33. The summed E-state index contributed by atoms with van der Waals surface area (Å²) >= 11 is 6.04. The van der Waals surface area contributed by atoms with Crippen molar-refractivity contribution in [2.75, 3.05) is 33.9 Å². The maximum Gasteiger partial charge on any atom is 0.123 e. The predicted molar refractivity (Wildman–Crippen MR) is 94.7 cm³/mol. The lowest BCUT2D eigenvalue weighted by atomic mass is 9.84. The van der Waals surface area contributed by atoms with E-state index < -0.39 is 0 Å². The summed E-state index contributed by atoms with van der Waals surface area (Å²) in [6.45, 7) is 5.63. The second-order valence-corrected chi connectivity index (χ2v) is 6.30. The van der Waals surface area contributed by atoms with Crippen LogP contribution in [0.25, 0.3) is 0 Å². The first kappa shape index (κ1) is 19.6. The van der Waals surface area contributed by atoms with E-state index in [2.05, 4.69) is 17.9 Å². The number of methoxy groups -OCH3 is 2. The number of likely N-dealkylation sites (tertiary alicyclic amines) is 1. The van der Waals surface area contributed by atoms with E-state index in [0.29, 0.717) is 5.02 Å². The average molecular weight is 348 g/mol. The van der Waals surface area contributed by atoms with E-state index in [4.69, 9.17) is 21.1 Å². The molecule has 0 aromatic heterocycles. The van der Waals surface area contributed by atoms with Gasteiger partial charge in [0, 0.05) is 31.6 Å². The van der Waals surface area contributed by atoms with Crippen LogP contribution in [0.4, 0.5) is 0 Å². The van der Waals surface area contributed by atoms with Gasteiger partial charge in [-0.25, -0.2) is 0 Å². The highest BCUT2D eigenvalue weighted by atomic mass is 35.5. The van der Waals surface area contributed by atoms with Crippen molar-refractivity contribution in [3.05, 3.63) is 28.8 Å². The molecule has 5 heteroatoms. The van der Waals surface area contributed by atoms with Gasteiger partial charge in [-0.05, 0) is 43.5 Å². The van der Waals surface area contributed by atoms with Crippen molar-refractivity contribution in [1.82, 2.24) is 4.90 Å². The molecule has 0 atom stereocenters. The lowest BCUT2D eigenvalue weighted by Crippen LogP contribution is -2.47. The third-order valence-electron chi connectivity index (χ3n) is 4.50. The molecule has 0 unspecified atom stereocenters. The van der Waals surface area contributed by atoms with Gasteiger partial charge in [-0.1, -0.05) is 24.6 Å². The Morgan fingerprint density at radius 1 is 1.23 bits per heavy atom. The second kappa shape index (κ2) is 8.97. The molecule has 1 aromatic carbocycles. The number of halogens is 2. The summed E-state index contributed by atoms with van der Waals surface area (Å²) in [6.07, 6.45) is 4.22. The van der Waals surface area contributed by atoms with Crippen molar-refractivity contribution in [1.29, 1.82) is 0 Å². The molecule has 126 valence electrons. The second-order valence-electron chi connectivity index (χ2n) is 5.86. The van der Waals surface area contributed by atoms with Gasteiger partial charge in [0.05, 0.1) is 12.7 Å². The molecule has 1 saturated heterocycles. The maximum absolute atomic E-state index is 6.04. The van der Waals surface area contributed by atoms with E-state index in [9.17, 15) is 0 Å². The van der Waals surface area contributed by atoms with Gasteiger partial charge in [0.15, 0.2) is 0 Å². The summed E-state index contributed by atoms with van der Waals surface area (Å²) in [4.78, 5) is 2.52.